The van der Waals surface area contributed by atoms with Crippen molar-refractivity contribution in [3.63, 3.8) is 0 Å². The van der Waals surface area contributed by atoms with Crippen molar-refractivity contribution in [1.29, 1.82) is 0 Å². The fourth-order valence-electron chi connectivity index (χ4n) is 3.13. The molecule has 106 valence electrons. The van der Waals surface area contributed by atoms with Crippen LogP contribution in [0.15, 0.2) is 34.7 Å². The molecule has 2 aromatic carbocycles. The van der Waals surface area contributed by atoms with Crippen molar-refractivity contribution in [1.82, 2.24) is 0 Å². The normalized spacial score (nSPS) is 21.0. The molecule has 0 amide bonds. The number of carbonyl (C=O) groups excluding carboxylic acids is 1. The summed E-state index contributed by atoms with van der Waals surface area (Å²) in [5.74, 6) is 2.55. The molecule has 3 heteroatoms. The van der Waals surface area contributed by atoms with Gasteiger partial charge in [-0.1, -0.05) is 25.1 Å². The molecule has 1 fully saturated rings. The molecule has 0 spiro atoms. The van der Waals surface area contributed by atoms with E-state index in [0.717, 1.165) is 40.5 Å². The quantitative estimate of drug-likeness (QED) is 0.727. The first kappa shape index (κ1) is 12.5. The third-order valence-corrected chi connectivity index (χ3v) is 4.59. The van der Waals surface area contributed by atoms with Gasteiger partial charge in [-0.15, -0.1) is 0 Å². The molecule has 0 aliphatic heterocycles. The van der Waals surface area contributed by atoms with E-state index in [4.69, 9.17) is 4.42 Å². The van der Waals surface area contributed by atoms with E-state index < -0.39 is 0 Å². The lowest BCUT2D eigenvalue weighted by Crippen LogP contribution is -1.84. The summed E-state index contributed by atoms with van der Waals surface area (Å²) in [6, 6.07) is 9.10. The van der Waals surface area contributed by atoms with Gasteiger partial charge in [-0.2, -0.15) is 0 Å². The molecule has 1 aliphatic rings. The molecule has 3 aromatic rings. The van der Waals surface area contributed by atoms with Crippen LogP contribution in [-0.2, 0) is 6.42 Å². The van der Waals surface area contributed by atoms with Gasteiger partial charge in [-0.25, -0.2) is 0 Å². The maximum atomic E-state index is 11.2. The highest BCUT2D eigenvalue weighted by atomic mass is 16.3. The summed E-state index contributed by atoms with van der Waals surface area (Å²) >= 11 is 0. The number of carbonyl (C=O) groups is 1. The zero-order valence-electron chi connectivity index (χ0n) is 11.8. The number of phenolic OH excluding ortho intramolecular Hbond substituents is 1. The van der Waals surface area contributed by atoms with E-state index in [2.05, 4.69) is 6.92 Å². The van der Waals surface area contributed by atoms with Crippen molar-refractivity contribution in [2.45, 2.75) is 19.8 Å². The minimum atomic E-state index is 0.172. The average Bonchev–Trinajstić information content (AvgIpc) is 3.00. The second kappa shape index (κ2) is 4.35. The number of phenols is 1. The molecule has 1 heterocycles. The Kier molecular flexibility index (Phi) is 2.58. The van der Waals surface area contributed by atoms with Crippen LogP contribution in [0.4, 0.5) is 0 Å². The Morgan fingerprint density at radius 2 is 2.10 bits per heavy atom. The third kappa shape index (κ3) is 1.92. The van der Waals surface area contributed by atoms with Gasteiger partial charge in [-0.05, 0) is 35.8 Å². The van der Waals surface area contributed by atoms with Gasteiger partial charge in [0.15, 0.2) is 6.29 Å². The molecule has 0 saturated heterocycles. The SMILES string of the molecule is CC1C[C@@H]1Cc1cc2c(O)cc3c(C=O)cccc3c2o1. The van der Waals surface area contributed by atoms with E-state index in [0.29, 0.717) is 17.1 Å². The first-order chi connectivity index (χ1) is 10.2. The van der Waals surface area contributed by atoms with Crippen LogP contribution in [0.1, 0.15) is 29.5 Å². The minimum absolute atomic E-state index is 0.172. The monoisotopic (exact) mass is 280 g/mol. The molecular formula is C18H16O3. The maximum Gasteiger partial charge on any atom is 0.150 e. The molecule has 1 N–H and O–H groups in total. The van der Waals surface area contributed by atoms with E-state index in [1.165, 1.54) is 6.42 Å². The molecule has 2 atom stereocenters. The Labute approximate surface area is 122 Å². The van der Waals surface area contributed by atoms with Crippen molar-refractivity contribution in [2.75, 3.05) is 0 Å². The second-order valence-corrected chi connectivity index (χ2v) is 6.09. The predicted octanol–water partition coefficient (Wildman–Crippen LogP) is 4.30. The molecule has 0 radical (unpaired) electrons. The molecule has 1 saturated carbocycles. The van der Waals surface area contributed by atoms with Crippen molar-refractivity contribution in [3.8, 4) is 5.75 Å². The maximum absolute atomic E-state index is 11.2. The average molecular weight is 280 g/mol. The van der Waals surface area contributed by atoms with Crippen molar-refractivity contribution >= 4 is 28.0 Å². The summed E-state index contributed by atoms with van der Waals surface area (Å²) in [5.41, 5.74) is 1.25. The fraction of sp³-hybridized carbons (Fsp3) is 0.278. The summed E-state index contributed by atoms with van der Waals surface area (Å²) in [7, 11) is 0. The van der Waals surface area contributed by atoms with Crippen LogP contribution in [0, 0.1) is 11.8 Å². The fourth-order valence-corrected chi connectivity index (χ4v) is 3.13. The minimum Gasteiger partial charge on any atom is -0.507 e. The van der Waals surface area contributed by atoms with Gasteiger partial charge in [0, 0.05) is 17.4 Å². The Morgan fingerprint density at radius 1 is 1.29 bits per heavy atom. The number of aromatic hydroxyl groups is 1. The van der Waals surface area contributed by atoms with Crippen LogP contribution in [-0.4, -0.2) is 11.4 Å². The van der Waals surface area contributed by atoms with Gasteiger partial charge in [0.1, 0.15) is 17.1 Å². The van der Waals surface area contributed by atoms with Crippen molar-refractivity contribution in [3.05, 3.63) is 41.7 Å². The van der Waals surface area contributed by atoms with Crippen molar-refractivity contribution < 1.29 is 14.3 Å². The lowest BCUT2D eigenvalue weighted by atomic mass is 10.0. The number of fused-ring (bicyclic) bond motifs is 3. The number of benzene rings is 2. The van der Waals surface area contributed by atoms with E-state index >= 15 is 0 Å². The van der Waals surface area contributed by atoms with E-state index in [1.807, 2.05) is 18.2 Å². The Hall–Kier alpha value is -2.29. The highest BCUT2D eigenvalue weighted by Gasteiger charge is 2.33. The first-order valence-corrected chi connectivity index (χ1v) is 7.29. The topological polar surface area (TPSA) is 50.4 Å². The summed E-state index contributed by atoms with van der Waals surface area (Å²) in [5, 5.41) is 12.6. The molecule has 4 rings (SSSR count). The Bertz CT molecular complexity index is 860. The van der Waals surface area contributed by atoms with Gasteiger partial charge < -0.3 is 9.52 Å². The number of furan rings is 1. The standard InChI is InChI=1S/C18H16O3/c1-10-5-12(10)6-13-7-16-17(20)8-15-11(9-19)3-2-4-14(15)18(16)21-13/h2-4,7-10,12,20H,5-6H2,1H3/t10?,12-/m1/s1. The highest BCUT2D eigenvalue weighted by molar-refractivity contribution is 6.11. The van der Waals surface area contributed by atoms with Crippen LogP contribution in [0.25, 0.3) is 21.7 Å². The molecule has 1 aromatic heterocycles. The van der Waals surface area contributed by atoms with Crippen molar-refractivity contribution in [2.24, 2.45) is 11.8 Å². The lowest BCUT2D eigenvalue weighted by Gasteiger charge is -2.03. The Balaban J connectivity index is 1.94. The van der Waals surface area contributed by atoms with Gasteiger partial charge in [0.25, 0.3) is 0 Å². The number of rotatable bonds is 3. The number of hydrogen-bond acceptors (Lipinski definition) is 3. The van der Waals surface area contributed by atoms with E-state index in [-0.39, 0.29) is 5.75 Å². The van der Waals surface area contributed by atoms with Crippen LogP contribution >= 0.6 is 0 Å². The summed E-state index contributed by atoms with van der Waals surface area (Å²) in [6.07, 6.45) is 2.98. The highest BCUT2D eigenvalue weighted by Crippen LogP contribution is 2.42. The van der Waals surface area contributed by atoms with Gasteiger partial charge in [0.05, 0.1) is 5.39 Å². The summed E-state index contributed by atoms with van der Waals surface area (Å²) in [4.78, 5) is 11.2. The van der Waals surface area contributed by atoms with Crippen LogP contribution in [0.5, 0.6) is 5.75 Å². The second-order valence-electron chi connectivity index (χ2n) is 6.09. The smallest absolute Gasteiger partial charge is 0.150 e. The van der Waals surface area contributed by atoms with E-state index in [9.17, 15) is 9.90 Å². The first-order valence-electron chi connectivity index (χ1n) is 7.29. The molecule has 3 nitrogen and oxygen atoms in total. The summed E-state index contributed by atoms with van der Waals surface area (Å²) < 4.78 is 5.98. The Morgan fingerprint density at radius 3 is 2.81 bits per heavy atom. The van der Waals surface area contributed by atoms with E-state index in [1.54, 1.807) is 12.1 Å². The number of hydrogen-bond donors (Lipinski definition) is 1. The lowest BCUT2D eigenvalue weighted by molar-refractivity contribution is 0.112. The third-order valence-electron chi connectivity index (χ3n) is 4.59. The summed E-state index contributed by atoms with van der Waals surface area (Å²) in [6.45, 7) is 2.25. The van der Waals surface area contributed by atoms with Gasteiger partial charge >= 0.3 is 0 Å². The molecule has 1 unspecified atom stereocenters. The van der Waals surface area contributed by atoms with Crippen LogP contribution in [0.3, 0.4) is 0 Å². The van der Waals surface area contributed by atoms with Crippen LogP contribution in [0.2, 0.25) is 0 Å². The van der Waals surface area contributed by atoms with Gasteiger partial charge in [-0.3, -0.25) is 4.79 Å². The largest absolute Gasteiger partial charge is 0.507 e. The number of aldehydes is 1. The zero-order chi connectivity index (χ0) is 14.6. The van der Waals surface area contributed by atoms with Gasteiger partial charge in [0.2, 0.25) is 0 Å². The van der Waals surface area contributed by atoms with Crippen LogP contribution < -0.4 is 0 Å². The molecule has 21 heavy (non-hydrogen) atoms. The predicted molar refractivity (Wildman–Crippen MR) is 81.7 cm³/mol. The molecule has 1 aliphatic carbocycles. The molecule has 0 bridgehead atoms. The molecular weight excluding hydrogens is 264 g/mol. The zero-order valence-corrected chi connectivity index (χ0v) is 11.8.